The Morgan fingerprint density at radius 2 is 1.56 bits per heavy atom. The van der Waals surface area contributed by atoms with Gasteiger partial charge in [0.1, 0.15) is 0 Å². The number of hydrogen-bond donors (Lipinski definition) is 1. The third kappa shape index (κ3) is 9.17. The van der Waals surface area contributed by atoms with Crippen molar-refractivity contribution in [3.05, 3.63) is 0 Å². The Balaban J connectivity index is 3.23. The molecule has 0 saturated carbocycles. The van der Waals surface area contributed by atoms with Crippen LogP contribution in [-0.4, -0.2) is 31.1 Å². The van der Waals surface area contributed by atoms with Crippen LogP contribution >= 0.6 is 0 Å². The zero-order valence-corrected chi connectivity index (χ0v) is 11.7. The Hall–Kier alpha value is -0.0800. The first-order valence-corrected chi connectivity index (χ1v) is 7.12. The monoisotopic (exact) mass is 228 g/mol. The lowest BCUT2D eigenvalue weighted by Crippen LogP contribution is -2.31. The van der Waals surface area contributed by atoms with Crippen LogP contribution in [0.4, 0.5) is 0 Å². The highest BCUT2D eigenvalue weighted by atomic mass is 15.1. The highest BCUT2D eigenvalue weighted by Crippen LogP contribution is 2.08. The third-order valence-corrected chi connectivity index (χ3v) is 3.45. The van der Waals surface area contributed by atoms with Crippen molar-refractivity contribution in [2.75, 3.05) is 20.1 Å². The zero-order chi connectivity index (χ0) is 12.2. The van der Waals surface area contributed by atoms with Crippen molar-refractivity contribution in [1.29, 1.82) is 0 Å². The van der Waals surface area contributed by atoms with Crippen LogP contribution in [0.15, 0.2) is 0 Å². The standard InChI is InChI=1S/C14H32N2/c1-4-5-6-7-8-9-10-13-16(3)14(2)11-12-15/h14H,4-13,15H2,1-3H3. The highest BCUT2D eigenvalue weighted by Gasteiger charge is 2.06. The SMILES string of the molecule is CCCCCCCCCN(C)C(C)CCN. The second-order valence-electron chi connectivity index (χ2n) is 5.03. The molecule has 0 radical (unpaired) electrons. The number of nitrogens with zero attached hydrogens (tertiary/aromatic N) is 1. The fourth-order valence-electron chi connectivity index (χ4n) is 2.00. The quantitative estimate of drug-likeness (QED) is 0.549. The van der Waals surface area contributed by atoms with Crippen LogP contribution in [0.1, 0.15) is 65.2 Å². The molecule has 16 heavy (non-hydrogen) atoms. The number of nitrogens with two attached hydrogens (primary N) is 1. The molecule has 2 N–H and O–H groups in total. The molecule has 0 amide bonds. The smallest absolute Gasteiger partial charge is 0.00758 e. The average Bonchev–Trinajstić information content (AvgIpc) is 2.28. The maximum atomic E-state index is 5.56. The van der Waals surface area contributed by atoms with Crippen molar-refractivity contribution in [2.24, 2.45) is 5.73 Å². The van der Waals surface area contributed by atoms with E-state index in [1.165, 1.54) is 51.5 Å². The molecule has 2 nitrogen and oxygen atoms in total. The molecule has 1 unspecified atom stereocenters. The summed E-state index contributed by atoms with van der Waals surface area (Å²) in [7, 11) is 2.22. The molecule has 0 rings (SSSR count). The Bertz CT molecular complexity index is 137. The summed E-state index contributed by atoms with van der Waals surface area (Å²) >= 11 is 0. The zero-order valence-electron chi connectivity index (χ0n) is 11.7. The molecule has 0 bridgehead atoms. The van der Waals surface area contributed by atoms with Crippen LogP contribution in [0.3, 0.4) is 0 Å². The second kappa shape index (κ2) is 11.4. The molecule has 0 aliphatic rings. The Labute approximate surface area is 103 Å². The normalized spacial score (nSPS) is 13.3. The van der Waals surface area contributed by atoms with Crippen molar-refractivity contribution in [3.63, 3.8) is 0 Å². The van der Waals surface area contributed by atoms with Crippen LogP contribution in [0, 0.1) is 0 Å². The molecule has 2 heteroatoms. The van der Waals surface area contributed by atoms with Crippen LogP contribution < -0.4 is 5.73 Å². The van der Waals surface area contributed by atoms with Gasteiger partial charge in [-0.25, -0.2) is 0 Å². The van der Waals surface area contributed by atoms with Crippen molar-refractivity contribution < 1.29 is 0 Å². The fourth-order valence-corrected chi connectivity index (χ4v) is 2.00. The summed E-state index contributed by atoms with van der Waals surface area (Å²) in [5, 5.41) is 0. The molecule has 0 spiro atoms. The van der Waals surface area contributed by atoms with Crippen molar-refractivity contribution in [1.82, 2.24) is 4.90 Å². The maximum absolute atomic E-state index is 5.56. The van der Waals surface area contributed by atoms with E-state index in [1.807, 2.05) is 0 Å². The lowest BCUT2D eigenvalue weighted by atomic mass is 10.1. The van der Waals surface area contributed by atoms with E-state index in [0.717, 1.165) is 13.0 Å². The van der Waals surface area contributed by atoms with E-state index in [-0.39, 0.29) is 0 Å². The molecule has 0 fully saturated rings. The molecule has 0 aromatic rings. The minimum Gasteiger partial charge on any atom is -0.330 e. The molecule has 0 aromatic heterocycles. The van der Waals surface area contributed by atoms with Gasteiger partial charge in [-0.1, -0.05) is 45.4 Å². The van der Waals surface area contributed by atoms with Gasteiger partial charge in [-0.3, -0.25) is 0 Å². The largest absolute Gasteiger partial charge is 0.330 e. The van der Waals surface area contributed by atoms with Gasteiger partial charge in [0, 0.05) is 6.04 Å². The topological polar surface area (TPSA) is 29.3 Å². The van der Waals surface area contributed by atoms with Gasteiger partial charge >= 0.3 is 0 Å². The molecule has 0 aliphatic heterocycles. The Morgan fingerprint density at radius 3 is 2.12 bits per heavy atom. The van der Waals surface area contributed by atoms with E-state index >= 15 is 0 Å². The van der Waals surface area contributed by atoms with Gasteiger partial charge in [-0.2, -0.15) is 0 Å². The molecule has 1 atom stereocenters. The van der Waals surface area contributed by atoms with Crippen molar-refractivity contribution in [2.45, 2.75) is 71.3 Å². The number of rotatable bonds is 11. The molecule has 0 aromatic carbocycles. The van der Waals surface area contributed by atoms with Gasteiger partial charge in [0.05, 0.1) is 0 Å². The van der Waals surface area contributed by atoms with E-state index in [1.54, 1.807) is 0 Å². The fraction of sp³-hybridized carbons (Fsp3) is 1.00. The summed E-state index contributed by atoms with van der Waals surface area (Å²) in [4.78, 5) is 2.44. The number of hydrogen-bond acceptors (Lipinski definition) is 2. The molecule has 0 aliphatic carbocycles. The molecular weight excluding hydrogens is 196 g/mol. The number of unbranched alkanes of at least 4 members (excludes halogenated alkanes) is 6. The molecular formula is C14H32N2. The predicted octanol–water partition coefficient (Wildman–Crippen LogP) is 3.41. The summed E-state index contributed by atoms with van der Waals surface area (Å²) in [5.74, 6) is 0. The maximum Gasteiger partial charge on any atom is 0.00758 e. The first-order chi connectivity index (χ1) is 7.72. The van der Waals surface area contributed by atoms with E-state index in [2.05, 4.69) is 25.8 Å². The summed E-state index contributed by atoms with van der Waals surface area (Å²) in [6.45, 7) is 6.58. The van der Waals surface area contributed by atoms with Gasteiger partial charge in [-0.15, -0.1) is 0 Å². The Kier molecular flexibility index (Phi) is 11.3. The lowest BCUT2D eigenvalue weighted by molar-refractivity contribution is 0.243. The Morgan fingerprint density at radius 1 is 1.00 bits per heavy atom. The average molecular weight is 228 g/mol. The van der Waals surface area contributed by atoms with E-state index in [4.69, 9.17) is 5.73 Å². The second-order valence-corrected chi connectivity index (χ2v) is 5.03. The summed E-state index contributed by atoms with van der Waals surface area (Å²) in [5.41, 5.74) is 5.56. The van der Waals surface area contributed by atoms with Crippen LogP contribution in [0.2, 0.25) is 0 Å². The van der Waals surface area contributed by atoms with Gasteiger partial charge < -0.3 is 10.6 Å². The van der Waals surface area contributed by atoms with Crippen LogP contribution in [0.25, 0.3) is 0 Å². The third-order valence-electron chi connectivity index (χ3n) is 3.45. The summed E-state index contributed by atoms with van der Waals surface area (Å²) in [6.07, 6.45) is 10.9. The van der Waals surface area contributed by atoms with E-state index in [9.17, 15) is 0 Å². The van der Waals surface area contributed by atoms with Gasteiger partial charge in [-0.05, 0) is 39.9 Å². The summed E-state index contributed by atoms with van der Waals surface area (Å²) in [6, 6.07) is 0.644. The minimum atomic E-state index is 0.644. The van der Waals surface area contributed by atoms with Gasteiger partial charge in [0.15, 0.2) is 0 Å². The van der Waals surface area contributed by atoms with Crippen LogP contribution in [0.5, 0.6) is 0 Å². The van der Waals surface area contributed by atoms with E-state index in [0.29, 0.717) is 6.04 Å². The summed E-state index contributed by atoms with van der Waals surface area (Å²) < 4.78 is 0. The molecule has 0 saturated heterocycles. The molecule has 0 heterocycles. The first kappa shape index (κ1) is 15.9. The minimum absolute atomic E-state index is 0.644. The van der Waals surface area contributed by atoms with Gasteiger partial charge in [0.2, 0.25) is 0 Å². The van der Waals surface area contributed by atoms with Crippen LogP contribution in [-0.2, 0) is 0 Å². The molecule has 98 valence electrons. The lowest BCUT2D eigenvalue weighted by Gasteiger charge is -2.24. The van der Waals surface area contributed by atoms with Crippen molar-refractivity contribution in [3.8, 4) is 0 Å². The van der Waals surface area contributed by atoms with Crippen molar-refractivity contribution >= 4 is 0 Å². The highest BCUT2D eigenvalue weighted by molar-refractivity contribution is 4.63. The van der Waals surface area contributed by atoms with Gasteiger partial charge in [0.25, 0.3) is 0 Å². The van der Waals surface area contributed by atoms with E-state index < -0.39 is 0 Å². The first-order valence-electron chi connectivity index (χ1n) is 7.12. The predicted molar refractivity (Wildman–Crippen MR) is 73.8 cm³/mol.